The van der Waals surface area contributed by atoms with Crippen molar-refractivity contribution in [2.45, 2.75) is 64.7 Å². The molecule has 0 saturated heterocycles. The van der Waals surface area contributed by atoms with Gasteiger partial charge in [-0.05, 0) is 67.2 Å². The van der Waals surface area contributed by atoms with Crippen LogP contribution in [0.2, 0.25) is 0 Å². The fourth-order valence-corrected chi connectivity index (χ4v) is 4.41. The second-order valence-corrected chi connectivity index (χ2v) is 7.93. The summed E-state index contributed by atoms with van der Waals surface area (Å²) in [6, 6.07) is 4.76. The van der Waals surface area contributed by atoms with Crippen molar-refractivity contribution in [1.29, 1.82) is 0 Å². The SMILES string of the molecule is CCCC1CCC(c2ccc(-c3ccc(OC(F)(F)F)c(F)c3C)c(F)c2F)CC1. The molecule has 1 nitrogen and oxygen atoms in total. The molecule has 7 heteroatoms. The molecule has 30 heavy (non-hydrogen) atoms. The fourth-order valence-electron chi connectivity index (χ4n) is 4.41. The first-order valence-electron chi connectivity index (χ1n) is 10.2. The number of halogens is 6. The van der Waals surface area contributed by atoms with Gasteiger partial charge in [0, 0.05) is 5.56 Å². The van der Waals surface area contributed by atoms with Crippen LogP contribution in [0.15, 0.2) is 24.3 Å². The van der Waals surface area contributed by atoms with Gasteiger partial charge in [0.2, 0.25) is 0 Å². The molecule has 0 bridgehead atoms. The van der Waals surface area contributed by atoms with E-state index in [4.69, 9.17) is 0 Å². The van der Waals surface area contributed by atoms with E-state index in [-0.39, 0.29) is 22.6 Å². The summed E-state index contributed by atoms with van der Waals surface area (Å²) in [5.74, 6) is -3.80. The van der Waals surface area contributed by atoms with Crippen LogP contribution in [0.5, 0.6) is 5.75 Å². The minimum absolute atomic E-state index is 0.0170. The number of rotatable bonds is 5. The molecule has 0 aliphatic heterocycles. The summed E-state index contributed by atoms with van der Waals surface area (Å²) < 4.78 is 84.9. The van der Waals surface area contributed by atoms with Gasteiger partial charge in [0.05, 0.1) is 0 Å². The third kappa shape index (κ3) is 4.76. The van der Waals surface area contributed by atoms with Crippen LogP contribution in [-0.2, 0) is 0 Å². The molecule has 0 aromatic heterocycles. The maximum Gasteiger partial charge on any atom is 0.573 e. The summed E-state index contributed by atoms with van der Waals surface area (Å²) in [6.45, 7) is 3.33. The lowest BCUT2D eigenvalue weighted by atomic mass is 9.77. The number of benzene rings is 2. The molecule has 0 N–H and O–H groups in total. The lowest BCUT2D eigenvalue weighted by Crippen LogP contribution is -2.18. The molecule has 3 rings (SSSR count). The normalized spacial score (nSPS) is 19.7. The zero-order valence-corrected chi connectivity index (χ0v) is 16.9. The van der Waals surface area contributed by atoms with Crippen molar-refractivity contribution >= 4 is 0 Å². The van der Waals surface area contributed by atoms with Gasteiger partial charge in [-0.15, -0.1) is 13.2 Å². The average molecular weight is 430 g/mol. The molecule has 0 atom stereocenters. The van der Waals surface area contributed by atoms with E-state index < -0.39 is 29.6 Å². The van der Waals surface area contributed by atoms with Crippen molar-refractivity contribution < 1.29 is 31.1 Å². The van der Waals surface area contributed by atoms with E-state index >= 15 is 0 Å². The molecule has 0 amide bonds. The predicted octanol–water partition coefficient (Wildman–Crippen LogP) is 8.05. The van der Waals surface area contributed by atoms with Crippen LogP contribution in [0.1, 0.15) is 62.5 Å². The van der Waals surface area contributed by atoms with Crippen LogP contribution in [0, 0.1) is 30.3 Å². The van der Waals surface area contributed by atoms with Crippen molar-refractivity contribution in [3.8, 4) is 16.9 Å². The smallest absolute Gasteiger partial charge is 0.403 e. The fraction of sp³-hybridized carbons (Fsp3) is 0.478. The lowest BCUT2D eigenvalue weighted by molar-refractivity contribution is -0.275. The minimum atomic E-state index is -5.05. The van der Waals surface area contributed by atoms with E-state index in [9.17, 15) is 26.3 Å². The van der Waals surface area contributed by atoms with Gasteiger partial charge < -0.3 is 4.74 Å². The molecule has 164 valence electrons. The Labute approximate surface area is 172 Å². The van der Waals surface area contributed by atoms with Crippen LogP contribution in [0.25, 0.3) is 11.1 Å². The average Bonchev–Trinajstić information content (AvgIpc) is 2.68. The third-order valence-corrected chi connectivity index (χ3v) is 5.96. The Morgan fingerprint density at radius 2 is 1.50 bits per heavy atom. The third-order valence-electron chi connectivity index (χ3n) is 5.96. The molecule has 0 radical (unpaired) electrons. The number of hydrogen-bond acceptors (Lipinski definition) is 1. The van der Waals surface area contributed by atoms with Gasteiger partial charge in [-0.1, -0.05) is 38.0 Å². The highest BCUT2D eigenvalue weighted by Crippen LogP contribution is 2.41. The summed E-state index contributed by atoms with van der Waals surface area (Å²) in [6.07, 6.45) is 0.731. The van der Waals surface area contributed by atoms with Crippen molar-refractivity contribution in [3.05, 3.63) is 52.8 Å². The van der Waals surface area contributed by atoms with E-state index in [0.717, 1.165) is 50.7 Å². The summed E-state index contributed by atoms with van der Waals surface area (Å²) in [5.41, 5.74) is -0.147. The van der Waals surface area contributed by atoms with Gasteiger partial charge in [0.15, 0.2) is 23.2 Å². The zero-order valence-electron chi connectivity index (χ0n) is 16.9. The molecule has 0 unspecified atom stereocenters. The Balaban J connectivity index is 1.88. The molecule has 2 aromatic rings. The Kier molecular flexibility index (Phi) is 6.68. The van der Waals surface area contributed by atoms with Crippen molar-refractivity contribution in [3.63, 3.8) is 0 Å². The second-order valence-electron chi connectivity index (χ2n) is 7.93. The van der Waals surface area contributed by atoms with Gasteiger partial charge in [-0.25, -0.2) is 13.2 Å². The molecule has 1 aliphatic rings. The summed E-state index contributed by atoms with van der Waals surface area (Å²) >= 11 is 0. The van der Waals surface area contributed by atoms with Crippen LogP contribution in [0.4, 0.5) is 26.3 Å². The van der Waals surface area contributed by atoms with E-state index in [1.807, 2.05) is 0 Å². The molecule has 1 saturated carbocycles. The van der Waals surface area contributed by atoms with Gasteiger partial charge in [0.25, 0.3) is 0 Å². The van der Waals surface area contributed by atoms with E-state index in [0.29, 0.717) is 11.5 Å². The Bertz CT molecular complexity index is 898. The first-order chi connectivity index (χ1) is 14.1. The highest BCUT2D eigenvalue weighted by molar-refractivity contribution is 5.69. The summed E-state index contributed by atoms with van der Waals surface area (Å²) in [5, 5.41) is 0. The van der Waals surface area contributed by atoms with Crippen LogP contribution in [-0.4, -0.2) is 6.36 Å². The number of ether oxygens (including phenoxy) is 1. The van der Waals surface area contributed by atoms with Gasteiger partial charge >= 0.3 is 6.36 Å². The molecule has 0 spiro atoms. The van der Waals surface area contributed by atoms with Crippen LogP contribution < -0.4 is 4.74 Å². The Hall–Kier alpha value is -2.18. The van der Waals surface area contributed by atoms with Gasteiger partial charge in [0.1, 0.15) is 0 Å². The van der Waals surface area contributed by atoms with Crippen molar-refractivity contribution in [2.75, 3.05) is 0 Å². The highest BCUT2D eigenvalue weighted by atomic mass is 19.4. The predicted molar refractivity (Wildman–Crippen MR) is 103 cm³/mol. The molecule has 0 heterocycles. The Morgan fingerprint density at radius 1 is 0.867 bits per heavy atom. The number of alkyl halides is 3. The highest BCUT2D eigenvalue weighted by Gasteiger charge is 2.33. The van der Waals surface area contributed by atoms with Gasteiger partial charge in [-0.3, -0.25) is 0 Å². The first kappa shape index (κ1) is 22.5. The summed E-state index contributed by atoms with van der Waals surface area (Å²) in [4.78, 5) is 0. The monoisotopic (exact) mass is 430 g/mol. The van der Waals surface area contributed by atoms with E-state index in [1.54, 1.807) is 0 Å². The van der Waals surface area contributed by atoms with Gasteiger partial charge in [-0.2, -0.15) is 0 Å². The standard InChI is InChI=1S/C23H24F6O/c1-3-4-14-5-7-15(8-6-14)17-9-10-18(22(26)21(17)25)16-11-12-19(20(24)13(16)2)30-23(27,28)29/h9-12,14-15H,3-8H2,1-2H3. The van der Waals surface area contributed by atoms with Crippen LogP contribution >= 0.6 is 0 Å². The van der Waals surface area contributed by atoms with E-state index in [2.05, 4.69) is 11.7 Å². The molecular weight excluding hydrogens is 406 g/mol. The van der Waals surface area contributed by atoms with Crippen molar-refractivity contribution in [1.82, 2.24) is 0 Å². The molecule has 1 aliphatic carbocycles. The maximum absolute atomic E-state index is 14.9. The van der Waals surface area contributed by atoms with Crippen molar-refractivity contribution in [2.24, 2.45) is 5.92 Å². The van der Waals surface area contributed by atoms with E-state index in [1.165, 1.54) is 19.1 Å². The molecular formula is C23H24F6O. The largest absolute Gasteiger partial charge is 0.573 e. The Morgan fingerprint density at radius 3 is 2.10 bits per heavy atom. The number of hydrogen-bond donors (Lipinski definition) is 0. The lowest BCUT2D eigenvalue weighted by Gasteiger charge is -2.29. The minimum Gasteiger partial charge on any atom is -0.403 e. The quantitative estimate of drug-likeness (QED) is 0.436. The molecule has 1 fully saturated rings. The summed E-state index contributed by atoms with van der Waals surface area (Å²) in [7, 11) is 0. The topological polar surface area (TPSA) is 9.23 Å². The first-order valence-corrected chi connectivity index (χ1v) is 10.2. The maximum atomic E-state index is 14.9. The molecule has 2 aromatic carbocycles. The zero-order chi connectivity index (χ0) is 22.1. The second kappa shape index (κ2) is 8.90. The van der Waals surface area contributed by atoms with Crippen LogP contribution in [0.3, 0.4) is 0 Å².